The lowest BCUT2D eigenvalue weighted by Crippen LogP contribution is -2.48. The maximum atomic E-state index is 11.9. The average Bonchev–Trinajstić information content (AvgIpc) is 2.57. The molecule has 136 valence electrons. The molecule has 8 nitrogen and oxygen atoms in total. The molecule has 2 rings (SSSR count). The van der Waals surface area contributed by atoms with Crippen molar-refractivity contribution in [3.05, 3.63) is 34.7 Å². The number of pyridine rings is 1. The van der Waals surface area contributed by atoms with Gasteiger partial charge in [0.2, 0.25) is 0 Å². The second kappa shape index (κ2) is 9.00. The largest absolute Gasteiger partial charge is 0.451 e. The highest BCUT2D eigenvalue weighted by Gasteiger charge is 2.22. The number of amides is 3. The Kier molecular flexibility index (Phi) is 6.73. The predicted molar refractivity (Wildman–Crippen MR) is 89.8 cm³/mol. The first-order chi connectivity index (χ1) is 12.0. The molecule has 8 heteroatoms. The summed E-state index contributed by atoms with van der Waals surface area (Å²) in [7, 11) is 0. The van der Waals surface area contributed by atoms with Crippen molar-refractivity contribution in [3.8, 4) is 0 Å². The third-order valence-corrected chi connectivity index (χ3v) is 4.05. The smallest absolute Gasteiger partial charge is 0.326 e. The van der Waals surface area contributed by atoms with E-state index in [1.165, 1.54) is 23.8 Å². The summed E-state index contributed by atoms with van der Waals surface area (Å²) in [5.74, 6) is -1.44. The summed E-state index contributed by atoms with van der Waals surface area (Å²) in [6, 6.07) is 3.98. The number of aromatic nitrogens is 1. The Morgan fingerprint density at radius 3 is 2.64 bits per heavy atom. The van der Waals surface area contributed by atoms with Crippen molar-refractivity contribution in [3.63, 3.8) is 0 Å². The minimum absolute atomic E-state index is 0.0735. The van der Waals surface area contributed by atoms with Crippen LogP contribution in [-0.4, -0.2) is 34.6 Å². The van der Waals surface area contributed by atoms with Gasteiger partial charge in [-0.15, -0.1) is 0 Å². The Morgan fingerprint density at radius 1 is 1.24 bits per heavy atom. The topological polar surface area (TPSA) is 106 Å². The monoisotopic (exact) mass is 349 g/mol. The molecule has 3 amide bonds. The summed E-state index contributed by atoms with van der Waals surface area (Å²) in [4.78, 5) is 47.1. The number of carbonyl (C=O) groups excluding carboxylic acids is 3. The number of esters is 1. The van der Waals surface area contributed by atoms with Crippen molar-refractivity contribution in [2.75, 3.05) is 0 Å². The molecule has 1 saturated carbocycles. The van der Waals surface area contributed by atoms with Gasteiger partial charge in [0.25, 0.3) is 11.5 Å². The standard InChI is InChI=1S/C17H23N3O5/c1-12(25-15(22)11-20-10-6-5-9-14(20)21)16(23)19-17(24)18-13-7-3-2-4-8-13/h5-6,9-10,12-13H,2-4,7-8,11H2,1H3,(H2,18,19,23,24)/t12-/m0/s1. The fourth-order valence-corrected chi connectivity index (χ4v) is 2.70. The van der Waals surface area contributed by atoms with Crippen LogP contribution in [0.1, 0.15) is 39.0 Å². The van der Waals surface area contributed by atoms with Gasteiger partial charge < -0.3 is 14.6 Å². The van der Waals surface area contributed by atoms with E-state index in [9.17, 15) is 19.2 Å². The van der Waals surface area contributed by atoms with E-state index in [1.54, 1.807) is 12.1 Å². The molecule has 1 fully saturated rings. The third-order valence-electron chi connectivity index (χ3n) is 4.05. The summed E-state index contributed by atoms with van der Waals surface area (Å²) in [6.45, 7) is 1.07. The molecule has 0 unspecified atom stereocenters. The summed E-state index contributed by atoms with van der Waals surface area (Å²) < 4.78 is 6.14. The van der Waals surface area contributed by atoms with E-state index < -0.39 is 24.0 Å². The van der Waals surface area contributed by atoms with E-state index in [2.05, 4.69) is 10.6 Å². The van der Waals surface area contributed by atoms with Gasteiger partial charge in [-0.25, -0.2) is 4.79 Å². The minimum atomic E-state index is -1.14. The molecule has 0 aliphatic heterocycles. The van der Waals surface area contributed by atoms with Crippen LogP contribution in [0.4, 0.5) is 4.79 Å². The van der Waals surface area contributed by atoms with E-state index in [0.29, 0.717) is 0 Å². The highest BCUT2D eigenvalue weighted by atomic mass is 16.5. The SMILES string of the molecule is C[C@H](OC(=O)Cn1ccccc1=O)C(=O)NC(=O)NC1CCCCC1. The predicted octanol–water partition coefficient (Wildman–Crippen LogP) is 0.938. The maximum absolute atomic E-state index is 11.9. The number of imide groups is 1. The van der Waals surface area contributed by atoms with Crippen molar-refractivity contribution >= 4 is 17.9 Å². The third kappa shape index (κ3) is 6.06. The van der Waals surface area contributed by atoms with Crippen LogP contribution >= 0.6 is 0 Å². The van der Waals surface area contributed by atoms with Gasteiger partial charge in [-0.2, -0.15) is 0 Å². The molecule has 25 heavy (non-hydrogen) atoms. The van der Waals surface area contributed by atoms with E-state index >= 15 is 0 Å². The zero-order chi connectivity index (χ0) is 18.2. The molecule has 0 radical (unpaired) electrons. The van der Waals surface area contributed by atoms with Gasteiger partial charge in [0, 0.05) is 18.3 Å². The number of hydrogen-bond donors (Lipinski definition) is 2. The zero-order valence-electron chi connectivity index (χ0n) is 14.2. The summed E-state index contributed by atoms with van der Waals surface area (Å²) in [5, 5.41) is 4.92. The van der Waals surface area contributed by atoms with Crippen LogP contribution in [0.3, 0.4) is 0 Å². The molecule has 1 aliphatic carbocycles. The number of nitrogens with zero attached hydrogens (tertiary/aromatic N) is 1. The fourth-order valence-electron chi connectivity index (χ4n) is 2.70. The number of urea groups is 1. The Morgan fingerprint density at radius 2 is 1.96 bits per heavy atom. The maximum Gasteiger partial charge on any atom is 0.326 e. The highest BCUT2D eigenvalue weighted by molar-refractivity contribution is 5.97. The molecule has 0 aromatic carbocycles. The molecule has 1 aromatic rings. The Labute approximate surface area is 145 Å². The lowest BCUT2D eigenvalue weighted by atomic mass is 9.96. The van der Waals surface area contributed by atoms with E-state index in [4.69, 9.17) is 4.74 Å². The van der Waals surface area contributed by atoms with E-state index in [1.807, 2.05) is 0 Å². The van der Waals surface area contributed by atoms with Crippen molar-refractivity contribution < 1.29 is 19.1 Å². The number of rotatable bonds is 5. The van der Waals surface area contributed by atoms with E-state index in [-0.39, 0.29) is 18.1 Å². The first kappa shape index (κ1) is 18.7. The minimum Gasteiger partial charge on any atom is -0.451 e. The van der Waals surface area contributed by atoms with Crippen molar-refractivity contribution in [2.24, 2.45) is 0 Å². The van der Waals surface area contributed by atoms with Crippen LogP contribution in [0.2, 0.25) is 0 Å². The molecule has 2 N–H and O–H groups in total. The number of hydrogen-bond acceptors (Lipinski definition) is 5. The Bertz CT molecular complexity index is 679. The lowest BCUT2D eigenvalue weighted by molar-refractivity contribution is -0.155. The molecule has 1 atom stereocenters. The van der Waals surface area contributed by atoms with Crippen LogP contribution in [0.15, 0.2) is 29.2 Å². The van der Waals surface area contributed by atoms with Gasteiger partial charge in [0.05, 0.1) is 0 Å². The van der Waals surface area contributed by atoms with Crippen LogP contribution < -0.4 is 16.2 Å². The number of carbonyl (C=O) groups is 3. The summed E-state index contributed by atoms with van der Waals surface area (Å²) in [6.07, 6.45) is 5.40. The number of nitrogens with one attached hydrogen (secondary N) is 2. The molecule has 0 saturated heterocycles. The molecular weight excluding hydrogens is 326 g/mol. The highest BCUT2D eigenvalue weighted by Crippen LogP contribution is 2.17. The van der Waals surface area contributed by atoms with Crippen LogP contribution in [0.5, 0.6) is 0 Å². The van der Waals surface area contributed by atoms with Gasteiger partial charge in [0.15, 0.2) is 6.10 Å². The quantitative estimate of drug-likeness (QED) is 0.770. The van der Waals surface area contributed by atoms with Crippen molar-refractivity contribution in [1.29, 1.82) is 0 Å². The Hall–Kier alpha value is -2.64. The number of ether oxygens (including phenoxy) is 1. The first-order valence-corrected chi connectivity index (χ1v) is 8.42. The first-order valence-electron chi connectivity index (χ1n) is 8.42. The molecular formula is C17H23N3O5. The van der Waals surface area contributed by atoms with Crippen LogP contribution in [0, 0.1) is 0 Å². The summed E-state index contributed by atoms with van der Waals surface area (Å²) >= 11 is 0. The van der Waals surface area contributed by atoms with Gasteiger partial charge >= 0.3 is 12.0 Å². The van der Waals surface area contributed by atoms with Crippen LogP contribution in [0.25, 0.3) is 0 Å². The van der Waals surface area contributed by atoms with Gasteiger partial charge in [-0.1, -0.05) is 25.3 Å². The van der Waals surface area contributed by atoms with Crippen molar-refractivity contribution in [1.82, 2.24) is 15.2 Å². The van der Waals surface area contributed by atoms with Gasteiger partial charge in [-0.05, 0) is 25.8 Å². The normalized spacial score (nSPS) is 15.9. The summed E-state index contributed by atoms with van der Waals surface area (Å²) in [5.41, 5.74) is -0.344. The second-order valence-electron chi connectivity index (χ2n) is 6.10. The fraction of sp³-hybridized carbons (Fsp3) is 0.529. The molecule has 0 spiro atoms. The zero-order valence-corrected chi connectivity index (χ0v) is 14.2. The molecule has 1 aromatic heterocycles. The van der Waals surface area contributed by atoms with Gasteiger partial charge in [0.1, 0.15) is 6.54 Å². The molecule has 0 bridgehead atoms. The average molecular weight is 349 g/mol. The second-order valence-corrected chi connectivity index (χ2v) is 6.10. The van der Waals surface area contributed by atoms with Crippen LogP contribution in [-0.2, 0) is 20.9 Å². The van der Waals surface area contributed by atoms with E-state index in [0.717, 1.165) is 32.1 Å². The molecule has 1 aliphatic rings. The van der Waals surface area contributed by atoms with Gasteiger partial charge in [-0.3, -0.25) is 19.7 Å². The Balaban J connectivity index is 1.77. The van der Waals surface area contributed by atoms with Crippen molar-refractivity contribution in [2.45, 2.75) is 57.7 Å². The lowest BCUT2D eigenvalue weighted by Gasteiger charge is -2.23. The molecule has 1 heterocycles.